The molecule has 0 bridgehead atoms. The second kappa shape index (κ2) is 6.29. The molecule has 2 aromatic rings. The molecule has 0 unspecified atom stereocenters. The minimum absolute atomic E-state index is 0.157. The molecule has 0 radical (unpaired) electrons. The van der Waals surface area contributed by atoms with E-state index in [9.17, 15) is 4.79 Å². The number of aromatic nitrogens is 1. The Morgan fingerprint density at radius 3 is 2.55 bits per heavy atom. The number of benzene rings is 1. The van der Waals surface area contributed by atoms with Crippen LogP contribution in [0.5, 0.6) is 0 Å². The van der Waals surface area contributed by atoms with Crippen LogP contribution in [0, 0.1) is 0 Å². The second-order valence-electron chi connectivity index (χ2n) is 4.18. The molecule has 106 valence electrons. The lowest BCUT2D eigenvalue weighted by Crippen LogP contribution is -2.30. The molecule has 0 saturated heterocycles. The standard InChI is InChI=1S/C14H14Cl2N2O2/c1-3-18(4-2)14(19)12-8-13(20-17-12)10-6-5-9(15)7-11(10)16/h5-8H,3-4H2,1-2H3. The molecule has 0 fully saturated rings. The Labute approximate surface area is 127 Å². The van der Waals surface area contributed by atoms with Gasteiger partial charge >= 0.3 is 0 Å². The first-order valence-electron chi connectivity index (χ1n) is 6.28. The number of carbonyl (C=O) groups excluding carboxylic acids is 1. The normalized spacial score (nSPS) is 10.6. The van der Waals surface area contributed by atoms with Gasteiger partial charge in [0.1, 0.15) is 0 Å². The largest absolute Gasteiger partial charge is 0.355 e. The minimum Gasteiger partial charge on any atom is -0.355 e. The summed E-state index contributed by atoms with van der Waals surface area (Å²) >= 11 is 12.0. The van der Waals surface area contributed by atoms with Gasteiger partial charge in [-0.2, -0.15) is 0 Å². The molecular weight excluding hydrogens is 299 g/mol. The fourth-order valence-corrected chi connectivity index (χ4v) is 2.37. The zero-order valence-corrected chi connectivity index (χ0v) is 12.7. The molecule has 6 heteroatoms. The molecule has 0 aliphatic rings. The van der Waals surface area contributed by atoms with Crippen molar-refractivity contribution in [1.82, 2.24) is 10.1 Å². The second-order valence-corrected chi connectivity index (χ2v) is 5.02. The van der Waals surface area contributed by atoms with Gasteiger partial charge in [-0.05, 0) is 32.0 Å². The maximum absolute atomic E-state index is 12.1. The quantitative estimate of drug-likeness (QED) is 0.852. The third-order valence-corrected chi connectivity index (χ3v) is 3.52. The summed E-state index contributed by atoms with van der Waals surface area (Å²) in [4.78, 5) is 13.8. The van der Waals surface area contributed by atoms with Crippen molar-refractivity contribution in [2.75, 3.05) is 13.1 Å². The van der Waals surface area contributed by atoms with E-state index in [0.717, 1.165) is 0 Å². The van der Waals surface area contributed by atoms with Crippen molar-refractivity contribution in [3.63, 3.8) is 0 Å². The molecule has 20 heavy (non-hydrogen) atoms. The molecule has 4 nitrogen and oxygen atoms in total. The highest BCUT2D eigenvalue weighted by Gasteiger charge is 2.19. The summed E-state index contributed by atoms with van der Waals surface area (Å²) in [6.07, 6.45) is 0. The van der Waals surface area contributed by atoms with Crippen LogP contribution in [0.2, 0.25) is 10.0 Å². The first kappa shape index (κ1) is 14.9. The van der Waals surface area contributed by atoms with Crippen LogP contribution < -0.4 is 0 Å². The zero-order valence-electron chi connectivity index (χ0n) is 11.2. The molecule has 0 aliphatic carbocycles. The van der Waals surface area contributed by atoms with Crippen LogP contribution in [0.4, 0.5) is 0 Å². The molecule has 0 N–H and O–H groups in total. The first-order chi connectivity index (χ1) is 9.56. The van der Waals surface area contributed by atoms with Gasteiger partial charge in [-0.3, -0.25) is 4.79 Å². The summed E-state index contributed by atoms with van der Waals surface area (Å²) < 4.78 is 5.21. The third kappa shape index (κ3) is 2.97. The summed E-state index contributed by atoms with van der Waals surface area (Å²) in [5, 5.41) is 4.81. The fourth-order valence-electron chi connectivity index (χ4n) is 1.87. The van der Waals surface area contributed by atoms with Gasteiger partial charge in [0, 0.05) is 29.7 Å². The minimum atomic E-state index is -0.157. The van der Waals surface area contributed by atoms with Crippen molar-refractivity contribution < 1.29 is 9.32 Å². The first-order valence-corrected chi connectivity index (χ1v) is 7.03. The van der Waals surface area contributed by atoms with Gasteiger partial charge in [-0.25, -0.2) is 0 Å². The van der Waals surface area contributed by atoms with Crippen molar-refractivity contribution in [3.05, 3.63) is 40.0 Å². The number of nitrogens with zero attached hydrogens (tertiary/aromatic N) is 2. The van der Waals surface area contributed by atoms with Crippen molar-refractivity contribution in [2.24, 2.45) is 0 Å². The van der Waals surface area contributed by atoms with E-state index in [4.69, 9.17) is 27.7 Å². The molecule has 1 aromatic carbocycles. The Morgan fingerprint density at radius 1 is 1.25 bits per heavy atom. The number of hydrogen-bond acceptors (Lipinski definition) is 3. The van der Waals surface area contributed by atoms with Crippen LogP contribution in [0.3, 0.4) is 0 Å². The van der Waals surface area contributed by atoms with E-state index in [1.165, 1.54) is 0 Å². The van der Waals surface area contributed by atoms with E-state index < -0.39 is 0 Å². The zero-order chi connectivity index (χ0) is 14.7. The van der Waals surface area contributed by atoms with Crippen LogP contribution in [0.1, 0.15) is 24.3 Å². The van der Waals surface area contributed by atoms with E-state index in [1.807, 2.05) is 13.8 Å². The number of hydrogen-bond donors (Lipinski definition) is 0. The van der Waals surface area contributed by atoms with Gasteiger partial charge in [-0.15, -0.1) is 0 Å². The van der Waals surface area contributed by atoms with Gasteiger partial charge in [-0.1, -0.05) is 28.4 Å². The van der Waals surface area contributed by atoms with Crippen molar-refractivity contribution in [2.45, 2.75) is 13.8 Å². The Kier molecular flexibility index (Phi) is 4.68. The molecule has 1 amide bonds. The summed E-state index contributed by atoms with van der Waals surface area (Å²) in [6, 6.07) is 6.65. The van der Waals surface area contributed by atoms with Crippen LogP contribution in [0.15, 0.2) is 28.8 Å². The maximum Gasteiger partial charge on any atom is 0.276 e. The Hall–Kier alpha value is -1.52. The lowest BCUT2D eigenvalue weighted by atomic mass is 10.1. The lowest BCUT2D eigenvalue weighted by molar-refractivity contribution is 0.0762. The highest BCUT2D eigenvalue weighted by molar-refractivity contribution is 6.36. The van der Waals surface area contributed by atoms with Gasteiger partial charge in [0.25, 0.3) is 5.91 Å². The highest BCUT2D eigenvalue weighted by atomic mass is 35.5. The molecule has 0 aliphatic heterocycles. The summed E-state index contributed by atoms with van der Waals surface area (Å²) in [7, 11) is 0. The van der Waals surface area contributed by atoms with Crippen molar-refractivity contribution in [1.29, 1.82) is 0 Å². The Bertz CT molecular complexity index is 621. The molecule has 1 heterocycles. The maximum atomic E-state index is 12.1. The van der Waals surface area contributed by atoms with E-state index in [-0.39, 0.29) is 11.6 Å². The van der Waals surface area contributed by atoms with E-state index in [2.05, 4.69) is 5.16 Å². The molecule has 0 spiro atoms. The smallest absolute Gasteiger partial charge is 0.276 e. The van der Waals surface area contributed by atoms with Crippen LogP contribution in [-0.2, 0) is 0 Å². The summed E-state index contributed by atoms with van der Waals surface area (Å²) in [5.41, 5.74) is 0.928. The predicted molar refractivity (Wildman–Crippen MR) is 79.2 cm³/mol. The average Bonchev–Trinajstić information content (AvgIpc) is 2.89. The van der Waals surface area contributed by atoms with Gasteiger partial charge in [0.2, 0.25) is 0 Å². The van der Waals surface area contributed by atoms with Crippen molar-refractivity contribution in [3.8, 4) is 11.3 Å². The number of rotatable bonds is 4. The van der Waals surface area contributed by atoms with Crippen LogP contribution in [-0.4, -0.2) is 29.1 Å². The van der Waals surface area contributed by atoms with Gasteiger partial charge < -0.3 is 9.42 Å². The molecule has 2 rings (SSSR count). The van der Waals surface area contributed by atoms with Gasteiger partial charge in [0.05, 0.1) is 5.02 Å². The number of carbonyl (C=O) groups is 1. The summed E-state index contributed by atoms with van der Waals surface area (Å²) in [6.45, 7) is 5.08. The predicted octanol–water partition coefficient (Wildman–Crippen LogP) is 4.13. The van der Waals surface area contributed by atoms with Crippen LogP contribution in [0.25, 0.3) is 11.3 Å². The van der Waals surface area contributed by atoms with E-state index >= 15 is 0 Å². The summed E-state index contributed by atoms with van der Waals surface area (Å²) in [5.74, 6) is 0.289. The number of amides is 1. The lowest BCUT2D eigenvalue weighted by Gasteiger charge is -2.16. The molecule has 0 saturated carbocycles. The molecular formula is C14H14Cl2N2O2. The van der Waals surface area contributed by atoms with Crippen molar-refractivity contribution >= 4 is 29.1 Å². The van der Waals surface area contributed by atoms with E-state index in [0.29, 0.717) is 34.5 Å². The average molecular weight is 313 g/mol. The molecule has 1 aromatic heterocycles. The Morgan fingerprint density at radius 2 is 1.95 bits per heavy atom. The fraction of sp³-hybridized carbons (Fsp3) is 0.286. The topological polar surface area (TPSA) is 46.3 Å². The van der Waals surface area contributed by atoms with Gasteiger partial charge in [0.15, 0.2) is 11.5 Å². The SMILES string of the molecule is CCN(CC)C(=O)c1cc(-c2ccc(Cl)cc2Cl)on1. The van der Waals surface area contributed by atoms with Crippen LogP contribution >= 0.6 is 23.2 Å². The Balaban J connectivity index is 2.31. The highest BCUT2D eigenvalue weighted by Crippen LogP contribution is 2.30. The third-order valence-electron chi connectivity index (χ3n) is 2.98. The van der Waals surface area contributed by atoms with E-state index in [1.54, 1.807) is 29.2 Å². The number of halogens is 2. The molecule has 0 atom stereocenters. The monoisotopic (exact) mass is 312 g/mol.